The van der Waals surface area contributed by atoms with Gasteiger partial charge in [0.2, 0.25) is 0 Å². The van der Waals surface area contributed by atoms with E-state index in [1.807, 2.05) is 0 Å². The molecule has 20 heavy (non-hydrogen) atoms. The maximum atomic E-state index is 6.45. The second-order valence-electron chi connectivity index (χ2n) is 6.28. The van der Waals surface area contributed by atoms with Gasteiger partial charge in [-0.3, -0.25) is 0 Å². The van der Waals surface area contributed by atoms with E-state index < -0.39 is 0 Å². The predicted octanol–water partition coefficient (Wildman–Crippen LogP) is 4.63. The summed E-state index contributed by atoms with van der Waals surface area (Å²) < 4.78 is 5.48. The standard InChI is InChI=1S/C17H26ClNO/c1-12(2)14-9-13(10-15(18)16(14)20-3)17(11-19)7-5-4-6-8-17/h9-10,12H,4-8,11,19H2,1-3H3. The van der Waals surface area contributed by atoms with Crippen LogP contribution in [0.3, 0.4) is 0 Å². The molecule has 0 saturated heterocycles. The summed E-state index contributed by atoms with van der Waals surface area (Å²) >= 11 is 6.45. The van der Waals surface area contributed by atoms with E-state index in [1.165, 1.54) is 43.2 Å². The summed E-state index contributed by atoms with van der Waals surface area (Å²) in [6, 6.07) is 4.35. The van der Waals surface area contributed by atoms with Gasteiger partial charge in [0.15, 0.2) is 0 Å². The molecule has 0 spiro atoms. The Kier molecular flexibility index (Phi) is 4.98. The van der Waals surface area contributed by atoms with Crippen LogP contribution in [0.4, 0.5) is 0 Å². The van der Waals surface area contributed by atoms with Gasteiger partial charge >= 0.3 is 0 Å². The van der Waals surface area contributed by atoms with Crippen molar-refractivity contribution >= 4 is 11.6 Å². The number of ether oxygens (including phenoxy) is 1. The molecule has 1 aliphatic carbocycles. The molecule has 1 aromatic rings. The van der Waals surface area contributed by atoms with Gasteiger partial charge in [0.05, 0.1) is 12.1 Å². The number of halogens is 1. The van der Waals surface area contributed by atoms with E-state index in [0.717, 1.165) is 5.75 Å². The zero-order valence-corrected chi connectivity index (χ0v) is 13.6. The molecule has 0 atom stereocenters. The molecule has 112 valence electrons. The van der Waals surface area contributed by atoms with Gasteiger partial charge in [-0.2, -0.15) is 0 Å². The topological polar surface area (TPSA) is 35.2 Å². The first-order valence-electron chi connectivity index (χ1n) is 7.62. The Morgan fingerprint density at radius 3 is 2.40 bits per heavy atom. The molecule has 1 fully saturated rings. The minimum atomic E-state index is 0.109. The highest BCUT2D eigenvalue weighted by atomic mass is 35.5. The average molecular weight is 296 g/mol. The lowest BCUT2D eigenvalue weighted by Gasteiger charge is -2.37. The molecule has 0 unspecified atom stereocenters. The average Bonchev–Trinajstić information content (AvgIpc) is 2.47. The van der Waals surface area contributed by atoms with Crippen LogP contribution in [-0.4, -0.2) is 13.7 Å². The van der Waals surface area contributed by atoms with Crippen molar-refractivity contribution in [3.05, 3.63) is 28.3 Å². The summed E-state index contributed by atoms with van der Waals surface area (Å²) in [7, 11) is 1.69. The number of hydrogen-bond donors (Lipinski definition) is 1. The summed E-state index contributed by atoms with van der Waals surface area (Å²) in [5.74, 6) is 1.20. The molecular formula is C17H26ClNO. The summed E-state index contributed by atoms with van der Waals surface area (Å²) in [6.45, 7) is 5.05. The van der Waals surface area contributed by atoms with Crippen LogP contribution in [0.5, 0.6) is 5.75 Å². The molecule has 2 rings (SSSR count). The molecule has 1 saturated carbocycles. The first kappa shape index (κ1) is 15.7. The third kappa shape index (κ3) is 2.82. The SMILES string of the molecule is COc1c(Cl)cc(C2(CN)CCCCC2)cc1C(C)C. The van der Waals surface area contributed by atoms with Crippen LogP contribution >= 0.6 is 11.6 Å². The first-order valence-corrected chi connectivity index (χ1v) is 8.00. The first-order chi connectivity index (χ1) is 9.54. The lowest BCUT2D eigenvalue weighted by molar-refractivity contribution is 0.300. The van der Waals surface area contributed by atoms with Gasteiger partial charge in [0.25, 0.3) is 0 Å². The van der Waals surface area contributed by atoms with E-state index >= 15 is 0 Å². The van der Waals surface area contributed by atoms with Crippen LogP contribution in [0.1, 0.15) is 63.0 Å². The van der Waals surface area contributed by atoms with Gasteiger partial charge in [-0.05, 0) is 36.0 Å². The third-order valence-electron chi connectivity index (χ3n) is 4.71. The highest BCUT2D eigenvalue weighted by Crippen LogP contribution is 2.43. The molecule has 1 aromatic carbocycles. The van der Waals surface area contributed by atoms with Crippen molar-refractivity contribution in [2.45, 2.75) is 57.3 Å². The minimum Gasteiger partial charge on any atom is -0.495 e. The molecule has 0 aliphatic heterocycles. The molecule has 0 aromatic heterocycles. The largest absolute Gasteiger partial charge is 0.495 e. The molecule has 2 nitrogen and oxygen atoms in total. The Morgan fingerprint density at radius 1 is 1.25 bits per heavy atom. The third-order valence-corrected chi connectivity index (χ3v) is 4.99. The van der Waals surface area contributed by atoms with Gasteiger partial charge in [-0.15, -0.1) is 0 Å². The van der Waals surface area contributed by atoms with Gasteiger partial charge in [-0.1, -0.05) is 50.8 Å². The van der Waals surface area contributed by atoms with Crippen molar-refractivity contribution in [1.82, 2.24) is 0 Å². The fourth-order valence-corrected chi connectivity index (χ4v) is 3.71. The monoisotopic (exact) mass is 295 g/mol. The van der Waals surface area contributed by atoms with Crippen molar-refractivity contribution in [3.63, 3.8) is 0 Å². The van der Waals surface area contributed by atoms with Gasteiger partial charge < -0.3 is 10.5 Å². The molecular weight excluding hydrogens is 270 g/mol. The lowest BCUT2D eigenvalue weighted by Crippen LogP contribution is -2.37. The van der Waals surface area contributed by atoms with E-state index in [9.17, 15) is 0 Å². The quantitative estimate of drug-likeness (QED) is 0.879. The summed E-state index contributed by atoms with van der Waals surface area (Å²) in [6.07, 6.45) is 6.19. The van der Waals surface area contributed by atoms with E-state index in [2.05, 4.69) is 26.0 Å². The van der Waals surface area contributed by atoms with E-state index in [-0.39, 0.29) is 5.41 Å². The lowest BCUT2D eigenvalue weighted by atomic mass is 9.69. The predicted molar refractivity (Wildman–Crippen MR) is 85.9 cm³/mol. The Bertz CT molecular complexity index is 464. The Morgan fingerprint density at radius 2 is 1.90 bits per heavy atom. The van der Waals surface area contributed by atoms with Crippen molar-refractivity contribution in [3.8, 4) is 5.75 Å². The fourth-order valence-electron chi connectivity index (χ4n) is 3.40. The summed E-state index contributed by atoms with van der Waals surface area (Å²) in [5.41, 5.74) is 8.74. The Hall–Kier alpha value is -0.730. The highest BCUT2D eigenvalue weighted by molar-refractivity contribution is 6.32. The Labute approximate surface area is 127 Å². The van der Waals surface area contributed by atoms with Crippen LogP contribution in [0.2, 0.25) is 5.02 Å². The number of methoxy groups -OCH3 is 1. The van der Waals surface area contributed by atoms with Gasteiger partial charge in [0, 0.05) is 12.0 Å². The normalized spacial score (nSPS) is 18.3. The van der Waals surface area contributed by atoms with Crippen LogP contribution in [-0.2, 0) is 5.41 Å². The zero-order chi connectivity index (χ0) is 14.8. The van der Waals surface area contributed by atoms with Crippen LogP contribution < -0.4 is 10.5 Å². The van der Waals surface area contributed by atoms with E-state index in [1.54, 1.807) is 7.11 Å². The molecule has 3 heteroatoms. The van der Waals surface area contributed by atoms with Crippen LogP contribution in [0, 0.1) is 0 Å². The second-order valence-corrected chi connectivity index (χ2v) is 6.69. The molecule has 1 aliphatic rings. The number of rotatable bonds is 4. The van der Waals surface area contributed by atoms with E-state index in [4.69, 9.17) is 22.1 Å². The van der Waals surface area contributed by atoms with Crippen molar-refractivity contribution in [1.29, 1.82) is 0 Å². The zero-order valence-electron chi connectivity index (χ0n) is 12.8. The van der Waals surface area contributed by atoms with Crippen molar-refractivity contribution in [2.24, 2.45) is 5.73 Å². The van der Waals surface area contributed by atoms with Crippen molar-refractivity contribution in [2.75, 3.05) is 13.7 Å². The van der Waals surface area contributed by atoms with Gasteiger partial charge in [0.1, 0.15) is 5.75 Å². The Balaban J connectivity index is 2.51. The number of benzene rings is 1. The molecule has 2 N–H and O–H groups in total. The summed E-state index contributed by atoms with van der Waals surface area (Å²) in [4.78, 5) is 0. The van der Waals surface area contributed by atoms with Crippen molar-refractivity contribution < 1.29 is 4.74 Å². The molecule has 0 amide bonds. The number of hydrogen-bond acceptors (Lipinski definition) is 2. The fraction of sp³-hybridized carbons (Fsp3) is 0.647. The smallest absolute Gasteiger partial charge is 0.140 e. The highest BCUT2D eigenvalue weighted by Gasteiger charge is 2.33. The van der Waals surface area contributed by atoms with Crippen LogP contribution in [0.15, 0.2) is 12.1 Å². The van der Waals surface area contributed by atoms with E-state index in [0.29, 0.717) is 17.5 Å². The maximum Gasteiger partial charge on any atom is 0.140 e. The molecule has 0 radical (unpaired) electrons. The molecule has 0 heterocycles. The van der Waals surface area contributed by atoms with Gasteiger partial charge in [-0.25, -0.2) is 0 Å². The second kappa shape index (κ2) is 6.36. The maximum absolute atomic E-state index is 6.45. The van der Waals surface area contributed by atoms with Crippen LogP contribution in [0.25, 0.3) is 0 Å². The summed E-state index contributed by atoms with van der Waals surface area (Å²) in [5, 5.41) is 0.715. The number of nitrogens with two attached hydrogens (primary N) is 1. The molecule has 0 bridgehead atoms. The minimum absolute atomic E-state index is 0.109.